The van der Waals surface area contributed by atoms with Gasteiger partial charge in [-0.2, -0.15) is 4.98 Å². The lowest BCUT2D eigenvalue weighted by Crippen LogP contribution is -2.14. The summed E-state index contributed by atoms with van der Waals surface area (Å²) in [6, 6.07) is 8.65. The molecule has 20 heavy (non-hydrogen) atoms. The van der Waals surface area contributed by atoms with Crippen molar-refractivity contribution in [2.45, 2.75) is 51.0 Å². The quantitative estimate of drug-likeness (QED) is 0.928. The summed E-state index contributed by atoms with van der Waals surface area (Å²) in [5.41, 5.74) is 8.26. The lowest BCUT2D eigenvalue weighted by molar-refractivity contribution is 0.353. The van der Waals surface area contributed by atoms with Gasteiger partial charge in [0.25, 0.3) is 0 Å². The fourth-order valence-corrected chi connectivity index (χ4v) is 2.78. The van der Waals surface area contributed by atoms with Crippen LogP contribution in [0.3, 0.4) is 0 Å². The molecule has 0 bridgehead atoms. The van der Waals surface area contributed by atoms with Crippen LogP contribution in [0.2, 0.25) is 0 Å². The number of nitrogens with zero attached hydrogens (tertiary/aromatic N) is 2. The zero-order chi connectivity index (χ0) is 14.1. The van der Waals surface area contributed by atoms with Crippen molar-refractivity contribution in [2.24, 2.45) is 5.73 Å². The lowest BCUT2D eigenvalue weighted by Gasteiger charge is -2.04. The molecule has 2 aromatic rings. The molecular weight excluding hydrogens is 250 g/mol. The van der Waals surface area contributed by atoms with Gasteiger partial charge in [-0.3, -0.25) is 0 Å². The summed E-state index contributed by atoms with van der Waals surface area (Å²) in [7, 11) is 0. The average Bonchev–Trinajstić information content (AvgIpc) is 3.07. The van der Waals surface area contributed by atoms with Crippen LogP contribution in [0.25, 0.3) is 11.4 Å². The Balaban J connectivity index is 1.79. The molecule has 0 spiro atoms. The minimum Gasteiger partial charge on any atom is -0.339 e. The molecule has 1 aliphatic carbocycles. The van der Waals surface area contributed by atoms with E-state index in [0.717, 1.165) is 30.7 Å². The van der Waals surface area contributed by atoms with Crippen LogP contribution < -0.4 is 5.73 Å². The topological polar surface area (TPSA) is 64.9 Å². The number of rotatable bonds is 3. The smallest absolute Gasteiger partial charge is 0.230 e. The average molecular weight is 271 g/mol. The molecule has 2 N–H and O–H groups in total. The minimum absolute atomic E-state index is 0.278. The van der Waals surface area contributed by atoms with Gasteiger partial charge in [0.05, 0.1) is 0 Å². The van der Waals surface area contributed by atoms with E-state index in [-0.39, 0.29) is 6.04 Å². The van der Waals surface area contributed by atoms with Crippen LogP contribution in [-0.2, 0) is 0 Å². The van der Waals surface area contributed by atoms with E-state index in [4.69, 9.17) is 10.3 Å². The fraction of sp³-hybridized carbons (Fsp3) is 0.500. The third kappa shape index (κ3) is 2.61. The van der Waals surface area contributed by atoms with Crippen molar-refractivity contribution in [3.63, 3.8) is 0 Å². The summed E-state index contributed by atoms with van der Waals surface area (Å²) < 4.78 is 5.41. The Morgan fingerprint density at radius 2 is 1.95 bits per heavy atom. The first-order chi connectivity index (χ1) is 9.63. The summed E-state index contributed by atoms with van der Waals surface area (Å²) in [6.07, 6.45) is 3.05. The van der Waals surface area contributed by atoms with Gasteiger partial charge in [0.2, 0.25) is 11.7 Å². The van der Waals surface area contributed by atoms with Gasteiger partial charge in [0.15, 0.2) is 0 Å². The van der Waals surface area contributed by atoms with Gasteiger partial charge in [-0.05, 0) is 30.7 Å². The fourth-order valence-electron chi connectivity index (χ4n) is 2.78. The van der Waals surface area contributed by atoms with Gasteiger partial charge in [-0.15, -0.1) is 0 Å². The van der Waals surface area contributed by atoms with Crippen molar-refractivity contribution in [3.05, 3.63) is 35.7 Å². The molecular formula is C16H21N3O. The van der Waals surface area contributed by atoms with Crippen LogP contribution in [0.4, 0.5) is 0 Å². The van der Waals surface area contributed by atoms with E-state index >= 15 is 0 Å². The Morgan fingerprint density at radius 1 is 1.20 bits per heavy atom. The first-order valence-corrected chi connectivity index (χ1v) is 7.33. The van der Waals surface area contributed by atoms with Crippen molar-refractivity contribution in [1.29, 1.82) is 0 Å². The first-order valence-electron chi connectivity index (χ1n) is 7.33. The molecule has 2 unspecified atom stereocenters. The second-order valence-electron chi connectivity index (χ2n) is 6.00. The molecule has 1 aliphatic rings. The van der Waals surface area contributed by atoms with Crippen molar-refractivity contribution in [3.8, 4) is 11.4 Å². The second kappa shape index (κ2) is 5.37. The second-order valence-corrected chi connectivity index (χ2v) is 6.00. The van der Waals surface area contributed by atoms with E-state index in [1.807, 2.05) is 0 Å². The van der Waals surface area contributed by atoms with Gasteiger partial charge in [-0.1, -0.05) is 43.3 Å². The molecule has 0 saturated heterocycles. The summed E-state index contributed by atoms with van der Waals surface area (Å²) in [5.74, 6) is 2.28. The van der Waals surface area contributed by atoms with Gasteiger partial charge >= 0.3 is 0 Å². The molecule has 106 valence electrons. The number of hydrogen-bond acceptors (Lipinski definition) is 4. The Labute approximate surface area is 119 Å². The summed E-state index contributed by atoms with van der Waals surface area (Å²) >= 11 is 0. The van der Waals surface area contributed by atoms with Crippen LogP contribution in [0.1, 0.15) is 56.4 Å². The molecule has 3 rings (SSSR count). The highest BCUT2D eigenvalue weighted by atomic mass is 16.5. The SMILES string of the molecule is CC(C)c1ccc(-c2noc(C3CCC(N)C3)n2)cc1. The molecule has 1 aromatic carbocycles. The minimum atomic E-state index is 0.278. The molecule has 0 aliphatic heterocycles. The zero-order valence-corrected chi connectivity index (χ0v) is 12.0. The number of hydrogen-bond donors (Lipinski definition) is 1. The van der Waals surface area contributed by atoms with E-state index in [1.165, 1.54) is 5.56 Å². The summed E-state index contributed by atoms with van der Waals surface area (Å²) in [6.45, 7) is 4.37. The van der Waals surface area contributed by atoms with E-state index in [0.29, 0.717) is 17.7 Å². The largest absolute Gasteiger partial charge is 0.339 e. The first kappa shape index (κ1) is 13.3. The Morgan fingerprint density at radius 3 is 2.55 bits per heavy atom. The van der Waals surface area contributed by atoms with E-state index in [9.17, 15) is 0 Å². The van der Waals surface area contributed by atoms with Crippen molar-refractivity contribution < 1.29 is 4.52 Å². The number of benzene rings is 1. The lowest BCUT2D eigenvalue weighted by atomic mass is 10.0. The van der Waals surface area contributed by atoms with Crippen LogP contribution in [-0.4, -0.2) is 16.2 Å². The van der Waals surface area contributed by atoms with E-state index in [2.05, 4.69) is 48.3 Å². The Kier molecular flexibility index (Phi) is 3.57. The van der Waals surface area contributed by atoms with Gasteiger partial charge in [0.1, 0.15) is 0 Å². The predicted molar refractivity (Wildman–Crippen MR) is 78.4 cm³/mol. The van der Waals surface area contributed by atoms with Crippen LogP contribution in [0.15, 0.2) is 28.8 Å². The molecule has 1 heterocycles. The highest BCUT2D eigenvalue weighted by Gasteiger charge is 2.27. The molecule has 0 amide bonds. The zero-order valence-electron chi connectivity index (χ0n) is 12.0. The normalized spacial score (nSPS) is 22.6. The Hall–Kier alpha value is -1.68. The molecule has 1 aromatic heterocycles. The monoisotopic (exact) mass is 271 g/mol. The van der Waals surface area contributed by atoms with Crippen LogP contribution in [0, 0.1) is 0 Å². The summed E-state index contributed by atoms with van der Waals surface area (Å²) in [5, 5.41) is 4.10. The third-order valence-corrected chi connectivity index (χ3v) is 4.10. The van der Waals surface area contributed by atoms with Crippen LogP contribution >= 0.6 is 0 Å². The highest BCUT2D eigenvalue weighted by Crippen LogP contribution is 2.33. The van der Waals surface area contributed by atoms with Gasteiger partial charge in [0, 0.05) is 17.5 Å². The molecule has 4 nitrogen and oxygen atoms in total. The van der Waals surface area contributed by atoms with Crippen molar-refractivity contribution in [1.82, 2.24) is 10.1 Å². The predicted octanol–water partition coefficient (Wildman–Crippen LogP) is 3.45. The van der Waals surface area contributed by atoms with E-state index < -0.39 is 0 Å². The van der Waals surface area contributed by atoms with Crippen molar-refractivity contribution in [2.75, 3.05) is 0 Å². The molecule has 0 radical (unpaired) electrons. The van der Waals surface area contributed by atoms with Crippen molar-refractivity contribution >= 4 is 0 Å². The maximum atomic E-state index is 5.94. The highest BCUT2D eigenvalue weighted by molar-refractivity contribution is 5.54. The summed E-state index contributed by atoms with van der Waals surface area (Å²) in [4.78, 5) is 4.54. The molecule has 2 atom stereocenters. The van der Waals surface area contributed by atoms with E-state index in [1.54, 1.807) is 0 Å². The maximum absolute atomic E-state index is 5.94. The van der Waals surface area contributed by atoms with Crippen LogP contribution in [0.5, 0.6) is 0 Å². The number of aromatic nitrogens is 2. The molecule has 4 heteroatoms. The third-order valence-electron chi connectivity index (χ3n) is 4.10. The Bertz CT molecular complexity index is 574. The number of nitrogens with two attached hydrogens (primary N) is 1. The van der Waals surface area contributed by atoms with Gasteiger partial charge in [-0.25, -0.2) is 0 Å². The molecule has 1 fully saturated rings. The van der Waals surface area contributed by atoms with Gasteiger partial charge < -0.3 is 10.3 Å². The standard InChI is InChI=1S/C16H21N3O/c1-10(2)11-3-5-12(6-4-11)15-18-16(20-19-15)13-7-8-14(17)9-13/h3-6,10,13-14H,7-9,17H2,1-2H3. The molecule has 1 saturated carbocycles. The maximum Gasteiger partial charge on any atom is 0.230 e.